The third kappa shape index (κ3) is 8.72. The Labute approximate surface area is 304 Å². The smallest absolute Gasteiger partial charge is 0.264 e. The van der Waals surface area contributed by atoms with Crippen LogP contribution >= 0.6 is 23.2 Å². The maximum atomic E-state index is 14.8. The molecular formula is C38H41Cl2N3O6S. The Bertz CT molecular complexity index is 1880. The van der Waals surface area contributed by atoms with E-state index in [1.807, 2.05) is 37.3 Å². The molecule has 0 saturated heterocycles. The average Bonchev–Trinajstić information content (AvgIpc) is 3.63. The highest BCUT2D eigenvalue weighted by Gasteiger charge is 2.36. The highest BCUT2D eigenvalue weighted by atomic mass is 35.5. The first-order valence-electron chi connectivity index (χ1n) is 16.4. The molecule has 12 heteroatoms. The van der Waals surface area contributed by atoms with E-state index in [2.05, 4.69) is 5.32 Å². The number of ether oxygens (including phenoxy) is 2. The molecule has 1 N–H and O–H groups in total. The van der Waals surface area contributed by atoms with Crippen LogP contribution in [0.1, 0.15) is 42.4 Å². The lowest BCUT2D eigenvalue weighted by molar-refractivity contribution is -0.140. The molecule has 0 aliphatic heterocycles. The van der Waals surface area contributed by atoms with E-state index in [0.717, 1.165) is 41.1 Å². The Morgan fingerprint density at radius 1 is 0.860 bits per heavy atom. The summed E-state index contributed by atoms with van der Waals surface area (Å²) in [6.07, 6.45) is 3.88. The standard InChI is InChI=1S/C38H41Cl2N3O6S/c1-26-16-18-29(19-17-26)43(50(46,47)30-20-21-35(48-2)36(23-30)49-3)25-37(44)42(24-31-32(39)14-9-15-33(31)40)34(22-27-10-5-4-6-11-27)38(45)41-28-12-7-8-13-28/h4-6,9-11,14-21,23,28,34H,7-8,12-13,22,24-25H2,1-3H3,(H,41,45)/t34-/m0/s1. The number of sulfonamides is 1. The van der Waals surface area contributed by atoms with Gasteiger partial charge < -0.3 is 19.7 Å². The molecule has 4 aromatic rings. The van der Waals surface area contributed by atoms with Crippen LogP contribution in [0.3, 0.4) is 0 Å². The largest absolute Gasteiger partial charge is 0.493 e. The maximum absolute atomic E-state index is 14.8. The number of hydrogen-bond acceptors (Lipinski definition) is 6. The summed E-state index contributed by atoms with van der Waals surface area (Å²) in [5.74, 6) is -0.385. The molecule has 264 valence electrons. The predicted octanol–water partition coefficient (Wildman–Crippen LogP) is 7.21. The second-order valence-corrected chi connectivity index (χ2v) is 15.0. The third-order valence-electron chi connectivity index (χ3n) is 8.91. The lowest BCUT2D eigenvalue weighted by Crippen LogP contribution is -2.54. The molecule has 0 radical (unpaired) electrons. The highest BCUT2D eigenvalue weighted by Crippen LogP contribution is 2.33. The predicted molar refractivity (Wildman–Crippen MR) is 197 cm³/mol. The number of aryl methyl sites for hydroxylation is 1. The molecule has 0 heterocycles. The van der Waals surface area contributed by atoms with E-state index in [1.165, 1.54) is 37.3 Å². The quantitative estimate of drug-likeness (QED) is 0.147. The van der Waals surface area contributed by atoms with Gasteiger partial charge in [-0.15, -0.1) is 0 Å². The summed E-state index contributed by atoms with van der Waals surface area (Å²) in [4.78, 5) is 30.3. The van der Waals surface area contributed by atoms with Gasteiger partial charge >= 0.3 is 0 Å². The second-order valence-electron chi connectivity index (χ2n) is 12.3. The van der Waals surface area contributed by atoms with E-state index in [1.54, 1.807) is 42.5 Å². The second kappa shape index (κ2) is 16.6. The molecule has 0 spiro atoms. The van der Waals surface area contributed by atoms with Crippen molar-refractivity contribution < 1.29 is 27.5 Å². The van der Waals surface area contributed by atoms with Crippen molar-refractivity contribution in [2.75, 3.05) is 25.1 Å². The van der Waals surface area contributed by atoms with Gasteiger partial charge in [-0.05, 0) is 61.7 Å². The molecule has 0 unspecified atom stereocenters. The van der Waals surface area contributed by atoms with Gasteiger partial charge in [0.15, 0.2) is 11.5 Å². The summed E-state index contributed by atoms with van der Waals surface area (Å²) in [6, 6.07) is 24.5. The molecule has 4 aromatic carbocycles. The number of halogens is 2. The van der Waals surface area contributed by atoms with Crippen molar-refractivity contribution in [2.45, 2.75) is 62.6 Å². The number of hydrogen-bond donors (Lipinski definition) is 1. The molecule has 0 bridgehead atoms. The van der Waals surface area contributed by atoms with E-state index >= 15 is 0 Å². The van der Waals surface area contributed by atoms with Gasteiger partial charge in [-0.3, -0.25) is 13.9 Å². The van der Waals surface area contributed by atoms with Crippen molar-refractivity contribution in [2.24, 2.45) is 0 Å². The summed E-state index contributed by atoms with van der Waals surface area (Å²) >= 11 is 13.3. The molecule has 1 atom stereocenters. The van der Waals surface area contributed by atoms with Crippen LogP contribution in [0.4, 0.5) is 5.69 Å². The molecule has 5 rings (SSSR count). The zero-order valence-electron chi connectivity index (χ0n) is 28.3. The van der Waals surface area contributed by atoms with E-state index in [4.69, 9.17) is 32.7 Å². The zero-order chi connectivity index (χ0) is 35.8. The van der Waals surface area contributed by atoms with Crippen molar-refractivity contribution >= 4 is 50.7 Å². The van der Waals surface area contributed by atoms with Gasteiger partial charge in [0, 0.05) is 40.7 Å². The first-order chi connectivity index (χ1) is 24.0. The number of nitrogens with one attached hydrogen (secondary N) is 1. The summed E-state index contributed by atoms with van der Waals surface area (Å²) in [5.41, 5.74) is 2.45. The summed E-state index contributed by atoms with van der Waals surface area (Å²) in [7, 11) is -1.50. The number of carbonyl (C=O) groups excluding carboxylic acids is 2. The minimum absolute atomic E-state index is 0.0175. The van der Waals surface area contributed by atoms with Crippen LogP contribution in [0.5, 0.6) is 11.5 Å². The van der Waals surface area contributed by atoms with Crippen LogP contribution < -0.4 is 19.1 Å². The number of anilines is 1. The van der Waals surface area contributed by atoms with Crippen LogP contribution in [-0.4, -0.2) is 58.0 Å². The number of rotatable bonds is 14. The van der Waals surface area contributed by atoms with Gasteiger partial charge in [0.05, 0.1) is 24.8 Å². The summed E-state index contributed by atoms with van der Waals surface area (Å²) in [5, 5.41) is 3.80. The Hall–Kier alpha value is -4.25. The minimum atomic E-state index is -4.37. The van der Waals surface area contributed by atoms with Gasteiger partial charge in [0.2, 0.25) is 11.8 Å². The summed E-state index contributed by atoms with van der Waals surface area (Å²) < 4.78 is 40.7. The molecule has 50 heavy (non-hydrogen) atoms. The van der Waals surface area contributed by atoms with Crippen LogP contribution in [-0.2, 0) is 32.6 Å². The zero-order valence-corrected chi connectivity index (χ0v) is 30.6. The number of benzene rings is 4. The van der Waals surface area contributed by atoms with Crippen LogP contribution in [0, 0.1) is 6.92 Å². The average molecular weight is 739 g/mol. The molecule has 1 fully saturated rings. The van der Waals surface area contributed by atoms with Crippen LogP contribution in [0.15, 0.2) is 95.9 Å². The number of nitrogens with zero attached hydrogens (tertiary/aromatic N) is 2. The Balaban J connectivity index is 1.61. The van der Waals surface area contributed by atoms with Crippen molar-refractivity contribution in [3.8, 4) is 11.5 Å². The Morgan fingerprint density at radius 3 is 2.12 bits per heavy atom. The van der Waals surface area contributed by atoms with E-state index in [0.29, 0.717) is 21.4 Å². The molecular weight excluding hydrogens is 697 g/mol. The normalized spacial score (nSPS) is 13.8. The monoisotopic (exact) mass is 737 g/mol. The number of amides is 2. The van der Waals surface area contributed by atoms with Gasteiger partial charge in [-0.1, -0.05) is 90.1 Å². The lowest BCUT2D eigenvalue weighted by Gasteiger charge is -2.34. The van der Waals surface area contributed by atoms with E-state index < -0.39 is 28.5 Å². The number of methoxy groups -OCH3 is 2. The molecule has 1 saturated carbocycles. The fraction of sp³-hybridized carbons (Fsp3) is 0.316. The van der Waals surface area contributed by atoms with Gasteiger partial charge in [-0.2, -0.15) is 0 Å². The van der Waals surface area contributed by atoms with Crippen molar-refractivity contribution in [3.05, 3.63) is 118 Å². The SMILES string of the molecule is COc1ccc(S(=O)(=O)N(CC(=O)N(Cc2c(Cl)cccc2Cl)[C@@H](Cc2ccccc2)C(=O)NC2CCCC2)c2ccc(C)cc2)cc1OC. The molecule has 2 amide bonds. The number of carbonyl (C=O) groups is 2. The van der Waals surface area contributed by atoms with Crippen molar-refractivity contribution in [1.82, 2.24) is 10.2 Å². The highest BCUT2D eigenvalue weighted by molar-refractivity contribution is 7.92. The fourth-order valence-corrected chi connectivity index (χ4v) is 8.07. The van der Waals surface area contributed by atoms with Gasteiger partial charge in [0.1, 0.15) is 12.6 Å². The van der Waals surface area contributed by atoms with Gasteiger partial charge in [0.25, 0.3) is 10.0 Å². The minimum Gasteiger partial charge on any atom is -0.493 e. The van der Waals surface area contributed by atoms with Crippen molar-refractivity contribution in [3.63, 3.8) is 0 Å². The molecule has 1 aliphatic carbocycles. The topological polar surface area (TPSA) is 105 Å². The van der Waals surface area contributed by atoms with E-state index in [9.17, 15) is 18.0 Å². The van der Waals surface area contributed by atoms with Crippen LogP contribution in [0.25, 0.3) is 0 Å². The first-order valence-corrected chi connectivity index (χ1v) is 18.6. The molecule has 0 aromatic heterocycles. The Morgan fingerprint density at radius 2 is 1.50 bits per heavy atom. The lowest BCUT2D eigenvalue weighted by atomic mass is 10.0. The van der Waals surface area contributed by atoms with Crippen molar-refractivity contribution in [1.29, 1.82) is 0 Å². The maximum Gasteiger partial charge on any atom is 0.264 e. The van der Waals surface area contributed by atoms with Gasteiger partial charge in [-0.25, -0.2) is 8.42 Å². The first kappa shape index (κ1) is 37.0. The van der Waals surface area contributed by atoms with E-state index in [-0.39, 0.29) is 41.2 Å². The molecule has 9 nitrogen and oxygen atoms in total. The Kier molecular flexibility index (Phi) is 12.3. The fourth-order valence-electron chi connectivity index (χ4n) is 6.12. The van der Waals surface area contributed by atoms with Crippen LogP contribution in [0.2, 0.25) is 10.0 Å². The molecule has 1 aliphatic rings. The third-order valence-corrected chi connectivity index (χ3v) is 11.4. The summed E-state index contributed by atoms with van der Waals surface area (Å²) in [6.45, 7) is 1.13.